The van der Waals surface area contributed by atoms with Crippen LogP contribution in [0.2, 0.25) is 0 Å². The van der Waals surface area contributed by atoms with Crippen molar-refractivity contribution in [1.29, 1.82) is 0 Å². The van der Waals surface area contributed by atoms with Gasteiger partial charge in [-0.25, -0.2) is 0 Å². The van der Waals surface area contributed by atoms with E-state index >= 15 is 0 Å². The topological polar surface area (TPSA) is 52.0 Å². The summed E-state index contributed by atoms with van der Waals surface area (Å²) in [6.07, 6.45) is -8.95. The first-order chi connectivity index (χ1) is 14.4. The van der Waals surface area contributed by atoms with E-state index in [-0.39, 0.29) is 12.8 Å². The van der Waals surface area contributed by atoms with E-state index in [0.717, 1.165) is 22.3 Å². The standard InChI is InChI=1S/C23H26F6N2/c24-22(25,26)11-3-1-9-21(10-2-4-12-23(27,28)29)19-13-15(30)5-7-17(19)18-8-6-16(31)14-20(18)21/h5-8,13-14H,1-4,9-12,30-31H2. The molecule has 2 aromatic rings. The Bertz CT molecular complexity index is 842. The lowest BCUT2D eigenvalue weighted by molar-refractivity contribution is -0.136. The molecule has 2 aromatic carbocycles. The Hall–Kier alpha value is -2.38. The minimum absolute atomic E-state index is 0.0386. The number of anilines is 2. The van der Waals surface area contributed by atoms with Crippen molar-refractivity contribution in [2.45, 2.75) is 69.1 Å². The van der Waals surface area contributed by atoms with Crippen molar-refractivity contribution in [3.63, 3.8) is 0 Å². The highest BCUT2D eigenvalue weighted by Crippen LogP contribution is 2.55. The van der Waals surface area contributed by atoms with Gasteiger partial charge in [-0.05, 0) is 72.2 Å². The van der Waals surface area contributed by atoms with E-state index in [1.165, 1.54) is 0 Å². The quantitative estimate of drug-likeness (QED) is 0.254. The molecule has 0 heterocycles. The zero-order valence-corrected chi connectivity index (χ0v) is 17.0. The molecule has 1 aliphatic carbocycles. The number of alkyl halides is 6. The van der Waals surface area contributed by atoms with Gasteiger partial charge in [-0.3, -0.25) is 0 Å². The Kier molecular flexibility index (Phi) is 6.48. The van der Waals surface area contributed by atoms with Gasteiger partial charge >= 0.3 is 12.4 Å². The number of unbranched alkanes of at least 4 members (excludes halogenated alkanes) is 2. The summed E-state index contributed by atoms with van der Waals surface area (Å²) < 4.78 is 75.9. The SMILES string of the molecule is Nc1ccc2c(c1)C(CCCCC(F)(F)F)(CCCCC(F)(F)F)c1cc(N)ccc1-2. The Morgan fingerprint density at radius 3 is 1.35 bits per heavy atom. The Labute approximate surface area is 177 Å². The molecule has 0 amide bonds. The molecule has 0 bridgehead atoms. The van der Waals surface area contributed by atoms with E-state index in [9.17, 15) is 26.3 Å². The largest absolute Gasteiger partial charge is 0.399 e. The highest BCUT2D eigenvalue weighted by atomic mass is 19.4. The van der Waals surface area contributed by atoms with E-state index in [1.54, 1.807) is 24.3 Å². The van der Waals surface area contributed by atoms with Crippen LogP contribution in [0.5, 0.6) is 0 Å². The number of rotatable bonds is 8. The van der Waals surface area contributed by atoms with Gasteiger partial charge in [-0.15, -0.1) is 0 Å². The average Bonchev–Trinajstić information content (AvgIpc) is 2.90. The highest BCUT2D eigenvalue weighted by molar-refractivity contribution is 5.83. The summed E-state index contributed by atoms with van der Waals surface area (Å²) >= 11 is 0. The first-order valence-electron chi connectivity index (χ1n) is 10.4. The number of fused-ring (bicyclic) bond motifs is 3. The number of hydrogen-bond donors (Lipinski definition) is 2. The molecule has 170 valence electrons. The molecule has 0 saturated carbocycles. The van der Waals surface area contributed by atoms with Gasteiger partial charge in [-0.1, -0.05) is 25.0 Å². The molecular formula is C23H26F6N2. The third kappa shape index (κ3) is 5.46. The Morgan fingerprint density at radius 2 is 1.00 bits per heavy atom. The monoisotopic (exact) mass is 444 g/mol. The number of halogens is 6. The number of nitrogen functional groups attached to an aromatic ring is 2. The predicted molar refractivity (Wildman–Crippen MR) is 111 cm³/mol. The minimum Gasteiger partial charge on any atom is -0.399 e. The smallest absolute Gasteiger partial charge is 0.389 e. The van der Waals surface area contributed by atoms with Crippen molar-refractivity contribution in [3.05, 3.63) is 47.5 Å². The molecule has 1 aliphatic rings. The molecule has 31 heavy (non-hydrogen) atoms. The van der Waals surface area contributed by atoms with Crippen molar-refractivity contribution < 1.29 is 26.3 Å². The van der Waals surface area contributed by atoms with Crippen molar-refractivity contribution in [3.8, 4) is 11.1 Å². The molecule has 0 aromatic heterocycles. The van der Waals surface area contributed by atoms with Gasteiger partial charge < -0.3 is 11.5 Å². The van der Waals surface area contributed by atoms with Crippen LogP contribution < -0.4 is 11.5 Å². The fraction of sp³-hybridized carbons (Fsp3) is 0.478. The molecule has 2 nitrogen and oxygen atoms in total. The van der Waals surface area contributed by atoms with Gasteiger partial charge in [0.25, 0.3) is 0 Å². The van der Waals surface area contributed by atoms with Crippen LogP contribution in [0.15, 0.2) is 36.4 Å². The molecule has 0 radical (unpaired) electrons. The lowest BCUT2D eigenvalue weighted by Gasteiger charge is -2.33. The first kappa shape index (κ1) is 23.3. The molecule has 0 aliphatic heterocycles. The molecule has 4 N–H and O–H groups in total. The van der Waals surface area contributed by atoms with E-state index in [4.69, 9.17) is 11.5 Å². The molecule has 0 atom stereocenters. The maximum atomic E-state index is 12.7. The third-order valence-electron chi connectivity index (χ3n) is 6.04. The first-order valence-corrected chi connectivity index (χ1v) is 10.4. The second-order valence-electron chi connectivity index (χ2n) is 8.34. The third-order valence-corrected chi connectivity index (χ3v) is 6.04. The number of hydrogen-bond acceptors (Lipinski definition) is 2. The highest BCUT2D eigenvalue weighted by Gasteiger charge is 2.43. The zero-order chi connectivity index (χ0) is 22.9. The van der Waals surface area contributed by atoms with Crippen LogP contribution in [0, 0.1) is 0 Å². The lowest BCUT2D eigenvalue weighted by Crippen LogP contribution is -2.26. The second-order valence-corrected chi connectivity index (χ2v) is 8.34. The van der Waals surface area contributed by atoms with Crippen LogP contribution in [-0.2, 0) is 5.41 Å². The minimum atomic E-state index is -4.24. The van der Waals surface area contributed by atoms with Crippen molar-refractivity contribution in [1.82, 2.24) is 0 Å². The van der Waals surface area contributed by atoms with Crippen molar-refractivity contribution in [2.75, 3.05) is 11.5 Å². The van der Waals surface area contributed by atoms with Gasteiger partial charge in [0, 0.05) is 29.6 Å². The van der Waals surface area contributed by atoms with Gasteiger partial charge in [0.2, 0.25) is 0 Å². The zero-order valence-electron chi connectivity index (χ0n) is 17.0. The molecule has 0 spiro atoms. The number of nitrogens with two attached hydrogens (primary N) is 2. The van der Waals surface area contributed by atoms with Crippen molar-refractivity contribution >= 4 is 11.4 Å². The average molecular weight is 444 g/mol. The van der Waals surface area contributed by atoms with Gasteiger partial charge in [0.1, 0.15) is 0 Å². The fourth-order valence-corrected chi connectivity index (χ4v) is 4.70. The molecule has 0 saturated heterocycles. The van der Waals surface area contributed by atoms with E-state index in [1.807, 2.05) is 12.1 Å². The van der Waals surface area contributed by atoms with Crippen LogP contribution >= 0.6 is 0 Å². The predicted octanol–water partition coefficient (Wildman–Crippen LogP) is 7.36. The lowest BCUT2D eigenvalue weighted by atomic mass is 9.70. The Morgan fingerprint density at radius 1 is 0.613 bits per heavy atom. The van der Waals surface area contributed by atoms with Gasteiger partial charge in [0.05, 0.1) is 0 Å². The van der Waals surface area contributed by atoms with Gasteiger partial charge in [0.15, 0.2) is 0 Å². The summed E-state index contributed by atoms with van der Waals surface area (Å²) in [7, 11) is 0. The van der Waals surface area contributed by atoms with Crippen LogP contribution in [0.1, 0.15) is 62.5 Å². The number of benzene rings is 2. The van der Waals surface area contributed by atoms with Crippen LogP contribution in [-0.4, -0.2) is 12.4 Å². The maximum Gasteiger partial charge on any atom is 0.389 e. The summed E-state index contributed by atoms with van der Waals surface area (Å²) in [6, 6.07) is 10.8. The van der Waals surface area contributed by atoms with Gasteiger partial charge in [-0.2, -0.15) is 26.3 Å². The second kappa shape index (κ2) is 8.63. The molecule has 8 heteroatoms. The Balaban J connectivity index is 1.95. The summed E-state index contributed by atoms with van der Waals surface area (Å²) in [6.45, 7) is 0. The van der Waals surface area contributed by atoms with Crippen LogP contribution in [0.4, 0.5) is 37.7 Å². The fourth-order valence-electron chi connectivity index (χ4n) is 4.70. The summed E-state index contributed by atoms with van der Waals surface area (Å²) in [5.41, 5.74) is 15.9. The maximum absolute atomic E-state index is 12.7. The summed E-state index contributed by atoms with van der Waals surface area (Å²) in [5.74, 6) is 0. The molecule has 0 unspecified atom stereocenters. The molecular weight excluding hydrogens is 418 g/mol. The van der Waals surface area contributed by atoms with Crippen LogP contribution in [0.3, 0.4) is 0 Å². The van der Waals surface area contributed by atoms with Crippen LogP contribution in [0.25, 0.3) is 11.1 Å². The van der Waals surface area contributed by atoms with E-state index in [0.29, 0.717) is 37.1 Å². The summed E-state index contributed by atoms with van der Waals surface area (Å²) in [4.78, 5) is 0. The molecule has 0 fully saturated rings. The normalized spacial score (nSPS) is 15.0. The van der Waals surface area contributed by atoms with E-state index < -0.39 is 30.6 Å². The van der Waals surface area contributed by atoms with Crippen molar-refractivity contribution in [2.24, 2.45) is 0 Å². The summed E-state index contributed by atoms with van der Waals surface area (Å²) in [5, 5.41) is 0. The van der Waals surface area contributed by atoms with E-state index in [2.05, 4.69) is 0 Å². The molecule has 3 rings (SSSR count).